The van der Waals surface area contributed by atoms with Gasteiger partial charge in [0.2, 0.25) is 0 Å². The zero-order valence-electron chi connectivity index (χ0n) is 18.5. The fourth-order valence-corrected chi connectivity index (χ4v) is 4.30. The number of alkyl halides is 3. The van der Waals surface area contributed by atoms with E-state index in [0.29, 0.717) is 5.56 Å². The van der Waals surface area contributed by atoms with Gasteiger partial charge in [0, 0.05) is 23.4 Å². The van der Waals surface area contributed by atoms with E-state index >= 15 is 0 Å². The summed E-state index contributed by atoms with van der Waals surface area (Å²) in [6.45, 7) is 0. The molecule has 0 unspecified atom stereocenters. The summed E-state index contributed by atoms with van der Waals surface area (Å²) in [5, 5.41) is 0.110. The van der Waals surface area contributed by atoms with Crippen LogP contribution in [-0.2, 0) is 20.8 Å². The Bertz CT molecular complexity index is 1550. The van der Waals surface area contributed by atoms with Crippen molar-refractivity contribution < 1.29 is 35.9 Å². The quantitative estimate of drug-likeness (QED) is 0.317. The maximum Gasteiger partial charge on any atom is 0.418 e. The molecule has 180 valence electrons. The van der Waals surface area contributed by atoms with Gasteiger partial charge in [0.15, 0.2) is 9.84 Å². The van der Waals surface area contributed by atoms with E-state index in [1.54, 1.807) is 24.3 Å². The van der Waals surface area contributed by atoms with Crippen molar-refractivity contribution in [2.75, 3.05) is 13.4 Å². The van der Waals surface area contributed by atoms with Gasteiger partial charge < -0.3 is 9.47 Å². The molecule has 1 heterocycles. The summed E-state index contributed by atoms with van der Waals surface area (Å²) in [4.78, 5) is 16.5. The van der Waals surface area contributed by atoms with E-state index in [4.69, 9.17) is 9.47 Å². The Morgan fingerprint density at radius 1 is 0.943 bits per heavy atom. The largest absolute Gasteiger partial charge is 0.465 e. The summed E-state index contributed by atoms with van der Waals surface area (Å²) in [5.41, 5.74) is -0.680. The average molecular weight is 501 g/mol. The molecule has 6 nitrogen and oxygen atoms in total. The van der Waals surface area contributed by atoms with Crippen molar-refractivity contribution in [3.05, 3.63) is 84.1 Å². The van der Waals surface area contributed by atoms with Gasteiger partial charge in [-0.05, 0) is 42.0 Å². The molecule has 0 saturated carbocycles. The third-order valence-corrected chi connectivity index (χ3v) is 6.31. The van der Waals surface area contributed by atoms with Gasteiger partial charge in [-0.15, -0.1) is 0 Å². The van der Waals surface area contributed by atoms with E-state index in [0.717, 1.165) is 25.6 Å². The molecular weight excluding hydrogens is 483 g/mol. The molecule has 0 atom stereocenters. The number of halogens is 3. The minimum absolute atomic E-state index is 0.0180. The second kappa shape index (κ2) is 9.03. The molecule has 0 N–H and O–H groups in total. The maximum atomic E-state index is 13.6. The van der Waals surface area contributed by atoms with E-state index in [1.165, 1.54) is 36.4 Å². The van der Waals surface area contributed by atoms with Crippen LogP contribution in [0, 0.1) is 0 Å². The fourth-order valence-electron chi connectivity index (χ4n) is 3.65. The van der Waals surface area contributed by atoms with Gasteiger partial charge in [-0.3, -0.25) is 4.98 Å². The lowest BCUT2D eigenvalue weighted by Gasteiger charge is -2.16. The molecular formula is C25H18F3NO5S. The number of nitrogens with zero attached hydrogens (tertiary/aromatic N) is 1. The Morgan fingerprint density at radius 2 is 1.60 bits per heavy atom. The maximum absolute atomic E-state index is 13.6. The number of ether oxygens (including phenoxy) is 2. The third-order valence-electron chi connectivity index (χ3n) is 5.20. The van der Waals surface area contributed by atoms with Crippen LogP contribution >= 0.6 is 0 Å². The first-order valence-electron chi connectivity index (χ1n) is 10.1. The number of pyridine rings is 1. The van der Waals surface area contributed by atoms with Crippen LogP contribution in [0.3, 0.4) is 0 Å². The molecule has 0 aliphatic heterocycles. The number of esters is 1. The van der Waals surface area contributed by atoms with Crippen molar-refractivity contribution in [3.63, 3.8) is 0 Å². The van der Waals surface area contributed by atoms with Crippen LogP contribution in [-0.4, -0.2) is 32.7 Å². The van der Waals surface area contributed by atoms with Gasteiger partial charge in [0.05, 0.1) is 28.6 Å². The lowest BCUT2D eigenvalue weighted by Crippen LogP contribution is -2.09. The van der Waals surface area contributed by atoms with Gasteiger partial charge in [0.25, 0.3) is 0 Å². The summed E-state index contributed by atoms with van der Waals surface area (Å²) in [6, 6.07) is 15.9. The monoisotopic (exact) mass is 501 g/mol. The Hall–Kier alpha value is -3.92. The highest BCUT2D eigenvalue weighted by Gasteiger charge is 2.34. The van der Waals surface area contributed by atoms with E-state index in [1.807, 2.05) is 0 Å². The SMILES string of the molecule is COC(=O)c1cnc2c(C(F)(F)F)cccc2c1-c1cccc(Oc2cccc(S(C)(=O)=O)c2)c1. The highest BCUT2D eigenvalue weighted by atomic mass is 32.2. The molecule has 0 spiro atoms. The van der Waals surface area contributed by atoms with Gasteiger partial charge in [-0.2, -0.15) is 13.2 Å². The van der Waals surface area contributed by atoms with E-state index in [9.17, 15) is 26.4 Å². The van der Waals surface area contributed by atoms with Crippen molar-refractivity contribution in [1.29, 1.82) is 0 Å². The number of rotatable bonds is 5. The lowest BCUT2D eigenvalue weighted by molar-refractivity contribution is -0.136. The van der Waals surface area contributed by atoms with Gasteiger partial charge in [-0.25, -0.2) is 13.2 Å². The molecule has 10 heteroatoms. The Balaban J connectivity index is 1.88. The molecule has 4 aromatic rings. The van der Waals surface area contributed by atoms with Crippen LogP contribution in [0.5, 0.6) is 11.5 Å². The summed E-state index contributed by atoms with van der Waals surface area (Å²) < 4.78 is 75.1. The fraction of sp³-hybridized carbons (Fsp3) is 0.120. The molecule has 0 fully saturated rings. The summed E-state index contributed by atoms with van der Waals surface area (Å²) in [7, 11) is -2.29. The predicted molar refractivity (Wildman–Crippen MR) is 123 cm³/mol. The van der Waals surface area contributed by atoms with Crippen LogP contribution in [0.1, 0.15) is 15.9 Å². The number of benzene rings is 3. The molecule has 0 bridgehead atoms. The van der Waals surface area contributed by atoms with E-state index < -0.39 is 27.5 Å². The standard InChI is InChI=1S/C25H18F3NO5S/c1-33-24(30)20-14-29-23-19(10-5-11-21(23)25(26,27)28)22(20)15-6-3-7-16(12-15)34-17-8-4-9-18(13-17)35(2,31)32/h3-14H,1-2H3. The number of fused-ring (bicyclic) bond motifs is 1. The Morgan fingerprint density at radius 3 is 2.26 bits per heavy atom. The van der Waals surface area contributed by atoms with Crippen LogP contribution in [0.15, 0.2) is 77.8 Å². The van der Waals surface area contributed by atoms with Crippen LogP contribution < -0.4 is 4.74 Å². The molecule has 0 aliphatic rings. The number of aromatic nitrogens is 1. The normalized spacial score (nSPS) is 11.9. The summed E-state index contributed by atoms with van der Waals surface area (Å²) >= 11 is 0. The smallest absolute Gasteiger partial charge is 0.418 e. The van der Waals surface area contributed by atoms with Crippen LogP contribution in [0.2, 0.25) is 0 Å². The summed E-state index contributed by atoms with van der Waals surface area (Å²) in [6.07, 6.45) is -2.52. The molecule has 0 amide bonds. The predicted octanol–water partition coefficient (Wildman–Crippen LogP) is 5.90. The van der Waals surface area contributed by atoms with E-state index in [2.05, 4.69) is 4.98 Å². The molecule has 35 heavy (non-hydrogen) atoms. The molecule has 1 aromatic heterocycles. The van der Waals surface area contributed by atoms with Crippen LogP contribution in [0.4, 0.5) is 13.2 Å². The number of para-hydroxylation sites is 1. The zero-order chi connectivity index (χ0) is 25.4. The van der Waals surface area contributed by atoms with Gasteiger partial charge in [0.1, 0.15) is 11.5 Å². The third kappa shape index (κ3) is 4.97. The van der Waals surface area contributed by atoms with Crippen molar-refractivity contribution in [2.45, 2.75) is 11.1 Å². The number of sulfone groups is 1. The first kappa shape index (κ1) is 24.2. The minimum Gasteiger partial charge on any atom is -0.465 e. The second-order valence-electron chi connectivity index (χ2n) is 7.61. The van der Waals surface area contributed by atoms with E-state index in [-0.39, 0.29) is 38.4 Å². The topological polar surface area (TPSA) is 82.6 Å². The molecule has 0 radical (unpaired) electrons. The van der Waals surface area contributed by atoms with Crippen LogP contribution in [0.25, 0.3) is 22.0 Å². The molecule has 0 aliphatic carbocycles. The number of carbonyl (C=O) groups excluding carboxylic acids is 1. The zero-order valence-corrected chi connectivity index (χ0v) is 19.3. The molecule has 3 aromatic carbocycles. The van der Waals surface area contributed by atoms with Crippen molar-refractivity contribution >= 4 is 26.7 Å². The molecule has 0 saturated heterocycles. The van der Waals surface area contributed by atoms with Gasteiger partial charge in [-0.1, -0.05) is 30.3 Å². The number of carbonyl (C=O) groups is 1. The number of hydrogen-bond donors (Lipinski definition) is 0. The minimum atomic E-state index is -4.65. The first-order valence-corrected chi connectivity index (χ1v) is 12.0. The van der Waals surface area contributed by atoms with Gasteiger partial charge >= 0.3 is 12.1 Å². The lowest BCUT2D eigenvalue weighted by atomic mass is 9.94. The van der Waals surface area contributed by atoms with Crippen molar-refractivity contribution in [2.24, 2.45) is 0 Å². The van der Waals surface area contributed by atoms with Crippen molar-refractivity contribution in [1.82, 2.24) is 4.98 Å². The number of hydrogen-bond acceptors (Lipinski definition) is 6. The Kier molecular flexibility index (Phi) is 6.25. The molecule has 4 rings (SSSR count). The highest BCUT2D eigenvalue weighted by Crippen LogP contribution is 2.39. The average Bonchev–Trinajstić information content (AvgIpc) is 2.81. The number of methoxy groups -OCH3 is 1. The summed E-state index contributed by atoms with van der Waals surface area (Å²) in [5.74, 6) is -0.239. The van der Waals surface area contributed by atoms with Crippen molar-refractivity contribution in [3.8, 4) is 22.6 Å². The second-order valence-corrected chi connectivity index (χ2v) is 9.63. The first-order chi connectivity index (χ1) is 16.5. The highest BCUT2D eigenvalue weighted by molar-refractivity contribution is 7.90. The Labute approximate surface area is 198 Å².